The van der Waals surface area contributed by atoms with Gasteiger partial charge in [0, 0.05) is 114 Å². The monoisotopic (exact) mass is 1000 g/mol. The van der Waals surface area contributed by atoms with E-state index >= 15 is 0 Å². The van der Waals surface area contributed by atoms with E-state index in [9.17, 15) is 8.42 Å². The Balaban J connectivity index is 0.000000775. The van der Waals surface area contributed by atoms with E-state index in [1.807, 2.05) is 32.2 Å². The van der Waals surface area contributed by atoms with E-state index in [0.717, 1.165) is 49.0 Å². The van der Waals surface area contributed by atoms with Crippen molar-refractivity contribution in [1.29, 1.82) is 0 Å². The topological polar surface area (TPSA) is 141 Å². The molecule has 2 aliphatic heterocycles. The zero-order valence-electron chi connectivity index (χ0n) is 45.5. The molecule has 0 bridgehead atoms. The zero-order chi connectivity index (χ0) is 50.8. The van der Waals surface area contributed by atoms with Gasteiger partial charge in [-0.15, -0.1) is 0 Å². The Morgan fingerprint density at radius 3 is 2.23 bits per heavy atom. The van der Waals surface area contributed by atoms with E-state index in [1.54, 1.807) is 38.1 Å². The highest BCUT2D eigenvalue weighted by molar-refractivity contribution is 7.92. The van der Waals surface area contributed by atoms with Crippen molar-refractivity contribution in [1.82, 2.24) is 25.2 Å². The summed E-state index contributed by atoms with van der Waals surface area (Å²) < 4.78 is 36.9. The molecule has 2 fully saturated rings. The number of benzene rings is 1. The quantitative estimate of drug-likeness (QED) is 0.179. The number of aryl methyl sites for hydroxylation is 1. The molecule has 1 spiro atoms. The number of likely N-dealkylation sites (N-methyl/N-ethyl adjacent to an activating group) is 1. The van der Waals surface area contributed by atoms with Gasteiger partial charge < -0.3 is 30.1 Å². The fourth-order valence-corrected chi connectivity index (χ4v) is 9.68. The third kappa shape index (κ3) is 21.5. The Bertz CT molecular complexity index is 2230. The van der Waals surface area contributed by atoms with Gasteiger partial charge in [0.1, 0.15) is 11.6 Å². The van der Waals surface area contributed by atoms with Crippen molar-refractivity contribution in [3.63, 3.8) is 0 Å². The fourth-order valence-electron chi connectivity index (χ4n) is 9.13. The average molecular weight is 1000 g/mol. The van der Waals surface area contributed by atoms with Crippen molar-refractivity contribution in [3.05, 3.63) is 53.7 Å². The van der Waals surface area contributed by atoms with Crippen molar-refractivity contribution in [2.45, 2.75) is 151 Å². The first kappa shape index (κ1) is 61.7. The lowest BCUT2D eigenvalue weighted by Crippen LogP contribution is -2.37. The summed E-state index contributed by atoms with van der Waals surface area (Å²) in [4.78, 5) is 21.3. The van der Waals surface area contributed by atoms with E-state index in [0.29, 0.717) is 36.2 Å². The van der Waals surface area contributed by atoms with Gasteiger partial charge >= 0.3 is 0 Å². The molecule has 3 atom stereocenters. The molecule has 1 saturated carbocycles. The molecule has 1 aromatic carbocycles. The molecule has 15 heteroatoms. The molecule has 1 saturated heterocycles. The average Bonchev–Trinajstić information content (AvgIpc) is 3.42. The number of nitrogens with one attached hydrogen (secondary N) is 2. The number of fused-ring (bicyclic) bond motifs is 1. The van der Waals surface area contributed by atoms with Crippen LogP contribution in [0.3, 0.4) is 0 Å². The molecule has 3 aliphatic rings. The second-order valence-electron chi connectivity index (χ2n) is 21.3. The molecule has 69 heavy (non-hydrogen) atoms. The maximum atomic E-state index is 12.4. The standard InChI is InChI=1S/C33H50N8O2S.C15H29N.C3H9NOS.C2H6.CH4.H2/c1-11-17-40(19-18-39(7)8)27-16-15-25(20-24(27)2)35-31-34-21-26-30(37-31)41(22-33(26,6)23-43-32(3,4)5)29-14-12-13-28(36-29)38-44(9,10)42;1-14-8-4-2-3-5-9-15(12-14)10-6-7-11-16-13-15;1-4-6(2,3)5;1-2;;/h12-16,20-21H,11,17-19,22-23H2,1-10H3,(H,34,35,37);14,16H,2-13H2,1H3;1-3H3;1-2H3;1H4;1H/t33-;;;;;/m0...../s1. The Morgan fingerprint density at radius 1 is 0.957 bits per heavy atom. The van der Waals surface area contributed by atoms with Crippen molar-refractivity contribution in [2.24, 2.45) is 20.1 Å². The third-order valence-corrected chi connectivity index (χ3v) is 14.1. The van der Waals surface area contributed by atoms with E-state index in [4.69, 9.17) is 19.7 Å². The molecule has 396 valence electrons. The predicted molar refractivity (Wildman–Crippen MR) is 303 cm³/mol. The van der Waals surface area contributed by atoms with Gasteiger partial charge in [-0.2, -0.15) is 9.35 Å². The Labute approximate surface area is 424 Å². The first-order valence-electron chi connectivity index (χ1n) is 25.4. The largest absolute Gasteiger partial charge is 0.375 e. The van der Waals surface area contributed by atoms with Crippen LogP contribution in [0, 0.1) is 18.3 Å². The zero-order valence-corrected chi connectivity index (χ0v) is 47.1. The van der Waals surface area contributed by atoms with Gasteiger partial charge in [-0.05, 0) is 128 Å². The van der Waals surface area contributed by atoms with Crippen molar-refractivity contribution >= 4 is 54.2 Å². The highest BCUT2D eigenvalue weighted by Crippen LogP contribution is 2.44. The summed E-state index contributed by atoms with van der Waals surface area (Å²) in [6, 6.07) is 12.0. The van der Waals surface area contributed by atoms with Crippen LogP contribution >= 0.6 is 0 Å². The van der Waals surface area contributed by atoms with Crippen LogP contribution in [-0.2, 0) is 29.6 Å². The molecule has 13 nitrogen and oxygen atoms in total. The summed E-state index contributed by atoms with van der Waals surface area (Å²) in [6.45, 7) is 25.9. The summed E-state index contributed by atoms with van der Waals surface area (Å²) in [6.07, 6.45) is 24.1. The second-order valence-corrected chi connectivity index (χ2v) is 26.6. The Kier molecular flexibility index (Phi) is 25.6. The summed E-state index contributed by atoms with van der Waals surface area (Å²) in [5.74, 6) is 3.36. The highest BCUT2D eigenvalue weighted by Gasteiger charge is 2.43. The molecular weight excluding hydrogens is 901 g/mol. The number of pyridine rings is 1. The van der Waals surface area contributed by atoms with E-state index in [2.05, 4.69) is 115 Å². The van der Waals surface area contributed by atoms with Crippen LogP contribution in [0.15, 0.2) is 51.3 Å². The normalized spacial score (nSPS) is 20.7. The molecule has 6 rings (SSSR count). The Hall–Kier alpha value is -3.37. The van der Waals surface area contributed by atoms with E-state index < -0.39 is 19.5 Å². The molecular formula is C54H100N10O3S2. The lowest BCUT2D eigenvalue weighted by molar-refractivity contribution is -0.0252. The number of aromatic nitrogens is 3. The van der Waals surface area contributed by atoms with Crippen LogP contribution in [0.2, 0.25) is 0 Å². The minimum atomic E-state index is -2.36. The van der Waals surface area contributed by atoms with Gasteiger partial charge in [-0.3, -0.25) is 4.21 Å². The first-order valence-corrected chi connectivity index (χ1v) is 30.1. The fraction of sp³-hybridized carbons (Fsp3) is 0.722. The van der Waals surface area contributed by atoms with Gasteiger partial charge in [-0.1, -0.05) is 86.6 Å². The smallest absolute Gasteiger partial charge is 0.229 e. The van der Waals surface area contributed by atoms with Crippen molar-refractivity contribution in [2.75, 3.05) is 107 Å². The summed E-state index contributed by atoms with van der Waals surface area (Å²) >= 11 is 0. The number of hydrogen-bond acceptors (Lipinski definition) is 13. The third-order valence-electron chi connectivity index (χ3n) is 12.6. The number of anilines is 5. The van der Waals surface area contributed by atoms with Crippen LogP contribution in [-0.4, -0.2) is 126 Å². The van der Waals surface area contributed by atoms with Crippen molar-refractivity contribution in [3.8, 4) is 0 Å². The summed E-state index contributed by atoms with van der Waals surface area (Å²) in [5, 5.41) is 7.13. The van der Waals surface area contributed by atoms with E-state index in [1.165, 1.54) is 88.5 Å². The van der Waals surface area contributed by atoms with Crippen molar-refractivity contribution < 1.29 is 14.6 Å². The van der Waals surface area contributed by atoms with Crippen LogP contribution in [0.4, 0.5) is 34.8 Å². The van der Waals surface area contributed by atoms with Crippen LogP contribution in [0.1, 0.15) is 146 Å². The first-order chi connectivity index (χ1) is 31.9. The summed E-state index contributed by atoms with van der Waals surface area (Å²) in [5.41, 5.74) is 4.38. The molecule has 0 radical (unpaired) electrons. The SMILES string of the molecule is C.CC.CC1CCCCCCC2(CCCCNC2)C1.CCCN(CCN(C)C)c1ccc(Nc2ncc3c(n2)N(c2cccc(N=S(C)(C)=O)n2)C[C@@]3(C)COC(C)(C)C)cc1C.CN=S(C)(C)=O.[HH]. The van der Waals surface area contributed by atoms with Crippen LogP contribution in [0.25, 0.3) is 0 Å². The minimum absolute atomic E-state index is 0. The van der Waals surface area contributed by atoms with Crippen LogP contribution < -0.4 is 20.4 Å². The van der Waals surface area contributed by atoms with E-state index in [-0.39, 0.29) is 19.9 Å². The molecule has 2 unspecified atom stereocenters. The molecule has 2 aromatic heterocycles. The number of rotatable bonds is 12. The molecule has 4 heterocycles. The highest BCUT2D eigenvalue weighted by atomic mass is 32.2. The maximum Gasteiger partial charge on any atom is 0.229 e. The number of nitrogens with zero attached hydrogens (tertiary/aromatic N) is 8. The molecule has 1 aliphatic carbocycles. The van der Waals surface area contributed by atoms with Gasteiger partial charge in [0.2, 0.25) is 5.95 Å². The predicted octanol–water partition coefficient (Wildman–Crippen LogP) is 12.7. The number of hydrogen-bond donors (Lipinski definition) is 2. The lowest BCUT2D eigenvalue weighted by atomic mass is 9.72. The van der Waals surface area contributed by atoms with Gasteiger partial charge in [0.25, 0.3) is 0 Å². The van der Waals surface area contributed by atoms with Gasteiger partial charge in [0.05, 0.1) is 12.2 Å². The molecule has 3 aromatic rings. The minimum Gasteiger partial charge on any atom is -0.375 e. The van der Waals surface area contributed by atoms with Gasteiger partial charge in [-0.25, -0.2) is 18.5 Å². The van der Waals surface area contributed by atoms with Crippen LogP contribution in [0.5, 0.6) is 0 Å². The Morgan fingerprint density at radius 2 is 1.62 bits per heavy atom. The molecule has 0 amide bonds. The molecule has 2 N–H and O–H groups in total. The summed E-state index contributed by atoms with van der Waals surface area (Å²) in [7, 11) is 1.63. The lowest BCUT2D eigenvalue weighted by Gasteiger charge is -2.35. The van der Waals surface area contributed by atoms with Gasteiger partial charge in [0.15, 0.2) is 5.82 Å². The second kappa shape index (κ2) is 28.6. The maximum absolute atomic E-state index is 12.4. The number of ether oxygens (including phenoxy) is 1.